The van der Waals surface area contributed by atoms with E-state index in [4.69, 9.17) is 4.42 Å². The maximum atomic E-state index is 12.8. The summed E-state index contributed by atoms with van der Waals surface area (Å²) >= 11 is 0. The summed E-state index contributed by atoms with van der Waals surface area (Å²) in [6.07, 6.45) is 0.575. The van der Waals surface area contributed by atoms with E-state index >= 15 is 0 Å². The van der Waals surface area contributed by atoms with Crippen molar-refractivity contribution in [2.24, 2.45) is 0 Å². The predicted octanol–water partition coefficient (Wildman–Crippen LogP) is 0.176. The Balaban J connectivity index is 0.00000225. The molecule has 5 heteroatoms. The molecule has 1 heterocycles. The van der Waals surface area contributed by atoms with Crippen LogP contribution in [0.1, 0.15) is 30.4 Å². The first-order chi connectivity index (χ1) is 11.6. The molecule has 0 saturated heterocycles. The predicted molar refractivity (Wildman–Crippen MR) is 90.1 cm³/mol. The van der Waals surface area contributed by atoms with Gasteiger partial charge in [0, 0.05) is 23.3 Å². The second-order valence-electron chi connectivity index (χ2n) is 5.92. The van der Waals surface area contributed by atoms with Gasteiger partial charge in [0.25, 0.3) is 0 Å². The molecule has 4 nitrogen and oxygen atoms in total. The Morgan fingerprint density at radius 3 is 2.40 bits per heavy atom. The van der Waals surface area contributed by atoms with E-state index in [0.29, 0.717) is 11.8 Å². The second-order valence-corrected chi connectivity index (χ2v) is 5.92. The molecule has 0 amide bonds. The molecule has 1 unspecified atom stereocenters. The van der Waals surface area contributed by atoms with Crippen molar-refractivity contribution in [2.45, 2.75) is 25.7 Å². The monoisotopic (exact) mass is 344 g/mol. The third-order valence-corrected chi connectivity index (χ3v) is 4.07. The molecule has 0 spiro atoms. The second kappa shape index (κ2) is 8.48. The molecule has 0 aliphatic rings. The van der Waals surface area contributed by atoms with Crippen molar-refractivity contribution in [3.8, 4) is 5.75 Å². The fourth-order valence-corrected chi connectivity index (χ4v) is 3.01. The molecule has 3 rings (SSSR count). The SMILES string of the molecule is CC(=O)CC(Cc1ccccc1)c1c([O-])c2ccccc2oc1=O.[Na+]. The Morgan fingerprint density at radius 1 is 1.08 bits per heavy atom. The number of hydrogen-bond donors (Lipinski definition) is 0. The van der Waals surface area contributed by atoms with Gasteiger partial charge in [-0.05, 0) is 25.0 Å². The molecule has 122 valence electrons. The van der Waals surface area contributed by atoms with Gasteiger partial charge in [0.1, 0.15) is 11.4 Å². The van der Waals surface area contributed by atoms with Gasteiger partial charge < -0.3 is 14.3 Å². The number of Topliss-reactive ketones (excluding diaryl/α,β-unsaturated/α-hetero) is 1. The molecule has 2 aromatic carbocycles. The summed E-state index contributed by atoms with van der Waals surface area (Å²) in [5, 5.41) is 13.2. The normalized spacial score (nSPS) is 11.7. The summed E-state index contributed by atoms with van der Waals surface area (Å²) in [4.78, 5) is 24.1. The number of para-hydroxylation sites is 1. The number of fused-ring (bicyclic) bond motifs is 1. The van der Waals surface area contributed by atoms with E-state index in [0.717, 1.165) is 5.56 Å². The number of carbonyl (C=O) groups is 1. The molecule has 0 aliphatic heterocycles. The van der Waals surface area contributed by atoms with Crippen LogP contribution in [-0.2, 0) is 11.2 Å². The van der Waals surface area contributed by atoms with Gasteiger partial charge >= 0.3 is 35.2 Å². The maximum absolute atomic E-state index is 12.8. The van der Waals surface area contributed by atoms with E-state index in [-0.39, 0.29) is 58.7 Å². The quantitative estimate of drug-likeness (QED) is 0.489. The van der Waals surface area contributed by atoms with Crippen LogP contribution in [-0.4, -0.2) is 5.78 Å². The van der Waals surface area contributed by atoms with Gasteiger partial charge in [0.15, 0.2) is 0 Å². The molecule has 1 aromatic heterocycles. The summed E-state index contributed by atoms with van der Waals surface area (Å²) in [5.74, 6) is -0.898. The fourth-order valence-electron chi connectivity index (χ4n) is 3.01. The third-order valence-electron chi connectivity index (χ3n) is 4.07. The summed E-state index contributed by atoms with van der Waals surface area (Å²) < 4.78 is 5.31. The molecule has 0 N–H and O–H groups in total. The van der Waals surface area contributed by atoms with Crippen LogP contribution in [0, 0.1) is 0 Å². The summed E-state index contributed by atoms with van der Waals surface area (Å²) in [5.41, 5.74) is 0.655. The van der Waals surface area contributed by atoms with E-state index < -0.39 is 11.5 Å². The smallest absolute Gasteiger partial charge is 0.872 e. The number of ketones is 1. The third kappa shape index (κ3) is 4.40. The molecule has 25 heavy (non-hydrogen) atoms. The summed E-state index contributed by atoms with van der Waals surface area (Å²) in [6.45, 7) is 1.46. The zero-order chi connectivity index (χ0) is 17.1. The molecule has 0 bridgehead atoms. The topological polar surface area (TPSA) is 70.3 Å². The van der Waals surface area contributed by atoms with Crippen molar-refractivity contribution >= 4 is 16.8 Å². The number of rotatable bonds is 5. The number of hydrogen-bond acceptors (Lipinski definition) is 4. The molecular formula is C20H17NaO4. The van der Waals surface area contributed by atoms with Crippen LogP contribution in [0.5, 0.6) is 5.75 Å². The number of carbonyl (C=O) groups excluding carboxylic acids is 1. The molecule has 3 aromatic rings. The van der Waals surface area contributed by atoms with Gasteiger partial charge in [0.2, 0.25) is 0 Å². The van der Waals surface area contributed by atoms with Gasteiger partial charge in [-0.2, -0.15) is 0 Å². The van der Waals surface area contributed by atoms with Crippen molar-refractivity contribution < 1.29 is 43.9 Å². The summed E-state index contributed by atoms with van der Waals surface area (Å²) in [7, 11) is 0. The molecule has 0 radical (unpaired) electrons. The zero-order valence-corrected chi connectivity index (χ0v) is 16.3. The molecule has 0 aliphatic carbocycles. The Labute approximate surface area is 167 Å². The van der Waals surface area contributed by atoms with E-state index in [1.807, 2.05) is 30.3 Å². The largest absolute Gasteiger partial charge is 1.00 e. The fraction of sp³-hybridized carbons (Fsp3) is 0.200. The Hall–Kier alpha value is -1.88. The van der Waals surface area contributed by atoms with Crippen molar-refractivity contribution in [3.63, 3.8) is 0 Å². The van der Waals surface area contributed by atoms with E-state index in [1.54, 1.807) is 24.3 Å². The standard InChI is InChI=1S/C20H18O4.Na/c1-13(21)11-15(12-14-7-3-2-4-8-14)18-19(22)16-9-5-6-10-17(16)24-20(18)23;/h2-10,15,22H,11-12H2,1H3;/q;+1/p-1. The minimum Gasteiger partial charge on any atom is -0.872 e. The average Bonchev–Trinajstić information content (AvgIpc) is 2.55. The minimum absolute atomic E-state index is 0. The van der Waals surface area contributed by atoms with Gasteiger partial charge in [0.05, 0.1) is 0 Å². The first kappa shape index (κ1) is 19.4. The Bertz CT molecular complexity index is 931. The van der Waals surface area contributed by atoms with Crippen molar-refractivity contribution in [2.75, 3.05) is 0 Å². The van der Waals surface area contributed by atoms with Crippen molar-refractivity contribution in [1.29, 1.82) is 0 Å². The van der Waals surface area contributed by atoms with Gasteiger partial charge in [-0.1, -0.05) is 54.3 Å². The number of benzene rings is 2. The van der Waals surface area contributed by atoms with Gasteiger partial charge in [-0.25, -0.2) is 4.79 Å². The van der Waals surface area contributed by atoms with Crippen molar-refractivity contribution in [1.82, 2.24) is 0 Å². The zero-order valence-electron chi connectivity index (χ0n) is 14.3. The molecule has 0 saturated carbocycles. The van der Waals surface area contributed by atoms with Crippen LogP contribution in [0.25, 0.3) is 11.0 Å². The molecule has 1 atom stereocenters. The maximum Gasteiger partial charge on any atom is 1.00 e. The van der Waals surface area contributed by atoms with E-state index in [2.05, 4.69) is 0 Å². The first-order valence-corrected chi connectivity index (χ1v) is 7.82. The molecular weight excluding hydrogens is 327 g/mol. The Morgan fingerprint density at radius 2 is 1.72 bits per heavy atom. The van der Waals surface area contributed by atoms with Gasteiger partial charge in [-0.15, -0.1) is 0 Å². The van der Waals surface area contributed by atoms with Crippen LogP contribution >= 0.6 is 0 Å². The van der Waals surface area contributed by atoms with Crippen LogP contribution in [0.3, 0.4) is 0 Å². The van der Waals surface area contributed by atoms with Gasteiger partial charge in [-0.3, -0.25) is 0 Å². The average molecular weight is 344 g/mol. The van der Waals surface area contributed by atoms with E-state index in [1.165, 1.54) is 6.92 Å². The summed E-state index contributed by atoms with van der Waals surface area (Å²) in [6, 6.07) is 16.2. The minimum atomic E-state index is -0.652. The van der Waals surface area contributed by atoms with E-state index in [9.17, 15) is 14.7 Å². The van der Waals surface area contributed by atoms with Crippen LogP contribution in [0.15, 0.2) is 63.8 Å². The Kier molecular flexibility index (Phi) is 6.59. The first-order valence-electron chi connectivity index (χ1n) is 7.82. The van der Waals surface area contributed by atoms with Crippen LogP contribution < -0.4 is 40.3 Å². The van der Waals surface area contributed by atoms with Crippen LogP contribution in [0.2, 0.25) is 0 Å². The molecule has 0 fully saturated rings. The van der Waals surface area contributed by atoms with Crippen LogP contribution in [0.4, 0.5) is 0 Å². The van der Waals surface area contributed by atoms with Crippen molar-refractivity contribution in [3.05, 3.63) is 76.1 Å².